The van der Waals surface area contributed by atoms with Crippen LogP contribution in [0.15, 0.2) is 41.2 Å². The third kappa shape index (κ3) is 5.68. The summed E-state index contributed by atoms with van der Waals surface area (Å²) in [6.07, 6.45) is 11.2. The Morgan fingerprint density at radius 3 is 2.36 bits per heavy atom. The number of hydrogen-bond acceptors (Lipinski definition) is 8. The number of aliphatic hydroxyl groups is 1. The molecule has 3 aromatic rings. The zero-order valence-electron chi connectivity index (χ0n) is 25.3. The monoisotopic (exact) mass is 573 g/mol. The first kappa shape index (κ1) is 28.8. The number of benzene rings is 1. The van der Waals surface area contributed by atoms with E-state index in [0.29, 0.717) is 38.4 Å². The topological polar surface area (TPSA) is 114 Å². The van der Waals surface area contributed by atoms with Gasteiger partial charge in [0.1, 0.15) is 0 Å². The average molecular weight is 574 g/mol. The minimum Gasteiger partial charge on any atom is -0.464 e. The van der Waals surface area contributed by atoms with Gasteiger partial charge in [0.15, 0.2) is 5.82 Å². The van der Waals surface area contributed by atoms with Crippen LogP contribution in [0.4, 0.5) is 5.69 Å². The number of carbonyl (C=O) groups is 1. The predicted molar refractivity (Wildman–Crippen MR) is 159 cm³/mol. The zero-order valence-corrected chi connectivity index (χ0v) is 25.3. The van der Waals surface area contributed by atoms with Crippen molar-refractivity contribution in [2.24, 2.45) is 11.3 Å². The lowest BCUT2D eigenvalue weighted by atomic mass is 9.53. The van der Waals surface area contributed by atoms with Crippen LogP contribution in [0.2, 0.25) is 0 Å². The van der Waals surface area contributed by atoms with Crippen molar-refractivity contribution < 1.29 is 19.2 Å². The van der Waals surface area contributed by atoms with Crippen LogP contribution in [0.1, 0.15) is 97.2 Å². The van der Waals surface area contributed by atoms with E-state index >= 15 is 0 Å². The molecule has 2 aromatic heterocycles. The Morgan fingerprint density at radius 1 is 1.07 bits per heavy atom. The molecule has 42 heavy (non-hydrogen) atoms. The molecule has 0 aliphatic heterocycles. The molecule has 7 rings (SSSR count). The van der Waals surface area contributed by atoms with E-state index in [4.69, 9.17) is 14.2 Å². The molecule has 1 N–H and O–H groups in total. The maximum absolute atomic E-state index is 13.9. The molecule has 0 unspecified atom stereocenters. The first-order valence-electron chi connectivity index (χ1n) is 15.5. The van der Waals surface area contributed by atoms with Crippen molar-refractivity contribution in [1.29, 1.82) is 0 Å². The molecule has 0 saturated heterocycles. The number of fused-ring (bicyclic) bond motifs is 3. The van der Waals surface area contributed by atoms with Gasteiger partial charge in [0, 0.05) is 47.4 Å². The number of carbonyl (C=O) groups excluding carboxylic acids is 1. The standard InChI is InChI=1S/C33H43N5O4/c1-5-41-30-34-19-24(20-35-30)23-7-6-8-25(18-23)38(27(40)17-22-15-26(39)16-22)21-32-9-12-33(13-10-32,14-11-32)29-36-28(37-42-29)31(2,3)4/h6-8,18-20,22,26,39H,5,9-17,21H2,1-4H3. The van der Waals surface area contributed by atoms with E-state index in [9.17, 15) is 9.90 Å². The first-order valence-corrected chi connectivity index (χ1v) is 15.5. The Hall–Kier alpha value is -3.33. The summed E-state index contributed by atoms with van der Waals surface area (Å²) in [6.45, 7) is 9.44. The van der Waals surface area contributed by atoms with Crippen molar-refractivity contribution in [3.8, 4) is 17.1 Å². The minimum absolute atomic E-state index is 0.0529. The SMILES string of the molecule is CCOc1ncc(-c2cccc(N(CC34CCC(c5nc(C(C)(C)C)no5)(CC3)CC4)C(=O)CC3CC(O)C3)c2)cn1. The molecule has 1 aromatic carbocycles. The van der Waals surface area contributed by atoms with E-state index < -0.39 is 0 Å². The number of amides is 1. The van der Waals surface area contributed by atoms with E-state index in [-0.39, 0.29) is 34.2 Å². The summed E-state index contributed by atoms with van der Waals surface area (Å²) < 4.78 is 11.3. The van der Waals surface area contributed by atoms with Gasteiger partial charge in [0.2, 0.25) is 11.8 Å². The highest BCUT2D eigenvalue weighted by atomic mass is 16.5. The highest BCUT2D eigenvalue weighted by Crippen LogP contribution is 2.58. The normalized spacial score (nSPS) is 27.0. The molecule has 224 valence electrons. The second kappa shape index (κ2) is 11.1. The van der Waals surface area contributed by atoms with Crippen LogP contribution in [0.3, 0.4) is 0 Å². The van der Waals surface area contributed by atoms with Crippen LogP contribution in [-0.4, -0.2) is 50.4 Å². The van der Waals surface area contributed by atoms with Gasteiger partial charge in [0.05, 0.1) is 12.7 Å². The minimum atomic E-state index is -0.272. The third-order valence-corrected chi connectivity index (χ3v) is 9.81. The van der Waals surface area contributed by atoms with Crippen molar-refractivity contribution in [3.05, 3.63) is 48.4 Å². The van der Waals surface area contributed by atoms with Crippen molar-refractivity contribution in [2.75, 3.05) is 18.1 Å². The zero-order chi connectivity index (χ0) is 29.5. The summed E-state index contributed by atoms with van der Waals surface area (Å²) in [5.41, 5.74) is 2.60. The Bertz CT molecular complexity index is 1380. The molecule has 4 aliphatic rings. The van der Waals surface area contributed by atoms with Crippen molar-refractivity contribution >= 4 is 11.6 Å². The van der Waals surface area contributed by atoms with Crippen LogP contribution in [0.5, 0.6) is 6.01 Å². The molecular weight excluding hydrogens is 530 g/mol. The summed E-state index contributed by atoms with van der Waals surface area (Å²) >= 11 is 0. The Kier molecular flexibility index (Phi) is 7.58. The molecular formula is C33H43N5O4. The lowest BCUT2D eigenvalue weighted by Gasteiger charge is -2.53. The number of aliphatic hydroxyl groups excluding tert-OH is 1. The molecule has 4 saturated carbocycles. The van der Waals surface area contributed by atoms with Crippen LogP contribution in [-0.2, 0) is 15.6 Å². The number of hydrogen-bond donors (Lipinski definition) is 1. The van der Waals surface area contributed by atoms with Gasteiger partial charge in [0.25, 0.3) is 0 Å². The second-order valence-corrected chi connectivity index (χ2v) is 13.9. The number of rotatable bonds is 9. The van der Waals surface area contributed by atoms with Crippen LogP contribution in [0.25, 0.3) is 11.1 Å². The summed E-state index contributed by atoms with van der Waals surface area (Å²) in [6, 6.07) is 8.49. The second-order valence-electron chi connectivity index (χ2n) is 13.9. The van der Waals surface area contributed by atoms with E-state index in [1.807, 2.05) is 30.0 Å². The van der Waals surface area contributed by atoms with E-state index in [2.05, 4.69) is 42.0 Å². The molecule has 2 heterocycles. The van der Waals surface area contributed by atoms with E-state index in [1.165, 1.54) is 0 Å². The predicted octanol–water partition coefficient (Wildman–Crippen LogP) is 6.01. The van der Waals surface area contributed by atoms with Crippen molar-refractivity contribution in [2.45, 2.75) is 102 Å². The Labute approximate surface area is 248 Å². The summed E-state index contributed by atoms with van der Waals surface area (Å²) in [4.78, 5) is 29.5. The van der Waals surface area contributed by atoms with Gasteiger partial charge in [-0.2, -0.15) is 4.98 Å². The molecule has 0 radical (unpaired) electrons. The fourth-order valence-electron chi connectivity index (χ4n) is 6.97. The van der Waals surface area contributed by atoms with Gasteiger partial charge >= 0.3 is 6.01 Å². The Morgan fingerprint density at radius 2 is 1.76 bits per heavy atom. The fraction of sp³-hybridized carbons (Fsp3) is 0.606. The number of ether oxygens (including phenoxy) is 1. The van der Waals surface area contributed by atoms with Gasteiger partial charge in [-0.3, -0.25) is 4.79 Å². The molecule has 0 spiro atoms. The van der Waals surface area contributed by atoms with Gasteiger partial charge in [-0.05, 0) is 87.3 Å². The molecule has 4 fully saturated rings. The maximum atomic E-state index is 13.9. The third-order valence-electron chi connectivity index (χ3n) is 9.81. The largest absolute Gasteiger partial charge is 0.464 e. The summed E-state index contributed by atoms with van der Waals surface area (Å²) in [5, 5.41) is 14.2. The maximum Gasteiger partial charge on any atom is 0.316 e. The Balaban J connectivity index is 1.23. The van der Waals surface area contributed by atoms with E-state index in [1.54, 1.807) is 12.4 Å². The first-order chi connectivity index (χ1) is 20.1. The highest BCUT2D eigenvalue weighted by Gasteiger charge is 2.53. The molecule has 4 aliphatic carbocycles. The number of anilines is 1. The number of nitrogens with zero attached hydrogens (tertiary/aromatic N) is 5. The molecule has 0 atom stereocenters. The highest BCUT2D eigenvalue weighted by molar-refractivity contribution is 5.94. The smallest absolute Gasteiger partial charge is 0.316 e. The number of aromatic nitrogens is 4. The molecule has 9 nitrogen and oxygen atoms in total. The van der Waals surface area contributed by atoms with Gasteiger partial charge in [-0.15, -0.1) is 0 Å². The lowest BCUT2D eigenvalue weighted by molar-refractivity contribution is -0.121. The van der Waals surface area contributed by atoms with Crippen molar-refractivity contribution in [1.82, 2.24) is 20.1 Å². The van der Waals surface area contributed by atoms with Gasteiger partial charge in [-0.25, -0.2) is 9.97 Å². The quantitative estimate of drug-likeness (QED) is 0.331. The molecule has 1 amide bonds. The van der Waals surface area contributed by atoms with Crippen LogP contribution in [0, 0.1) is 11.3 Å². The molecule has 2 bridgehead atoms. The van der Waals surface area contributed by atoms with Gasteiger partial charge in [-0.1, -0.05) is 38.1 Å². The van der Waals surface area contributed by atoms with Crippen LogP contribution >= 0.6 is 0 Å². The average Bonchev–Trinajstić information content (AvgIpc) is 3.49. The fourth-order valence-corrected chi connectivity index (χ4v) is 6.97. The summed E-state index contributed by atoms with van der Waals surface area (Å²) in [5.74, 6) is 1.94. The van der Waals surface area contributed by atoms with Crippen molar-refractivity contribution in [3.63, 3.8) is 0 Å². The molecule has 9 heteroatoms. The summed E-state index contributed by atoms with van der Waals surface area (Å²) in [7, 11) is 0. The van der Waals surface area contributed by atoms with Crippen LogP contribution < -0.4 is 9.64 Å². The lowest BCUT2D eigenvalue weighted by Crippen LogP contribution is -2.51. The van der Waals surface area contributed by atoms with Gasteiger partial charge < -0.3 is 19.3 Å². The van der Waals surface area contributed by atoms with E-state index in [0.717, 1.165) is 67.1 Å².